The number of hydrogen-bond acceptors (Lipinski definition) is 1. The van der Waals surface area contributed by atoms with Gasteiger partial charge in [0.25, 0.3) is 0 Å². The largest absolute Gasteiger partial charge is 0.337 e. The van der Waals surface area contributed by atoms with Crippen LogP contribution in [0.1, 0.15) is 78.6 Å². The molecule has 17 heavy (non-hydrogen) atoms. The van der Waals surface area contributed by atoms with Gasteiger partial charge in [0, 0.05) is 18.5 Å². The summed E-state index contributed by atoms with van der Waals surface area (Å²) in [5.41, 5.74) is 0. The van der Waals surface area contributed by atoms with E-state index in [2.05, 4.69) is 25.7 Å². The van der Waals surface area contributed by atoms with Gasteiger partial charge in [-0.25, -0.2) is 0 Å². The Balaban J connectivity index is 2.12. The van der Waals surface area contributed by atoms with E-state index in [0.29, 0.717) is 18.0 Å². The molecule has 0 radical (unpaired) electrons. The van der Waals surface area contributed by atoms with Gasteiger partial charge in [-0.3, -0.25) is 4.79 Å². The van der Waals surface area contributed by atoms with Gasteiger partial charge in [0.05, 0.1) is 0 Å². The van der Waals surface area contributed by atoms with Crippen molar-refractivity contribution in [2.24, 2.45) is 0 Å². The van der Waals surface area contributed by atoms with E-state index in [1.165, 1.54) is 44.9 Å². The molecule has 1 heterocycles. The van der Waals surface area contributed by atoms with Crippen molar-refractivity contribution in [2.75, 3.05) is 0 Å². The summed E-state index contributed by atoms with van der Waals surface area (Å²) in [6.07, 6.45) is 10.7. The van der Waals surface area contributed by atoms with Crippen molar-refractivity contribution in [3.05, 3.63) is 0 Å². The van der Waals surface area contributed by atoms with E-state index in [4.69, 9.17) is 0 Å². The molecule has 2 heteroatoms. The molecule has 0 aromatic carbocycles. The normalized spacial score (nSPS) is 24.3. The van der Waals surface area contributed by atoms with Gasteiger partial charge in [-0.15, -0.1) is 0 Å². The Labute approximate surface area is 107 Å². The van der Waals surface area contributed by atoms with Crippen LogP contribution in [0.4, 0.5) is 0 Å². The van der Waals surface area contributed by atoms with Crippen molar-refractivity contribution in [2.45, 2.75) is 90.6 Å². The molecule has 0 saturated carbocycles. The predicted molar refractivity (Wildman–Crippen MR) is 73.0 cm³/mol. The van der Waals surface area contributed by atoms with Crippen LogP contribution in [0, 0.1) is 0 Å². The highest BCUT2D eigenvalue weighted by Crippen LogP contribution is 2.24. The molecule has 100 valence electrons. The molecular formula is C15H29NO. The highest BCUT2D eigenvalue weighted by atomic mass is 16.2. The van der Waals surface area contributed by atoms with Crippen molar-refractivity contribution >= 4 is 5.91 Å². The van der Waals surface area contributed by atoms with Crippen molar-refractivity contribution < 1.29 is 4.79 Å². The molecule has 0 aliphatic carbocycles. The van der Waals surface area contributed by atoms with E-state index in [1.807, 2.05) is 0 Å². The number of carbonyl (C=O) groups excluding carboxylic acids is 1. The molecule has 2 atom stereocenters. The fraction of sp³-hybridized carbons (Fsp3) is 0.933. The molecule has 0 bridgehead atoms. The van der Waals surface area contributed by atoms with Crippen LogP contribution in [-0.4, -0.2) is 22.9 Å². The lowest BCUT2D eigenvalue weighted by molar-refractivity contribution is -0.133. The molecule has 0 aromatic rings. The summed E-state index contributed by atoms with van der Waals surface area (Å²) in [4.78, 5) is 14.2. The molecule has 1 amide bonds. The third-order valence-corrected chi connectivity index (χ3v) is 3.98. The first kappa shape index (κ1) is 14.5. The van der Waals surface area contributed by atoms with Gasteiger partial charge in [-0.2, -0.15) is 0 Å². The summed E-state index contributed by atoms with van der Waals surface area (Å²) in [6, 6.07) is 0.940. The topological polar surface area (TPSA) is 20.3 Å². The number of hydrogen-bond donors (Lipinski definition) is 0. The number of likely N-dealkylation sites (tertiary alicyclic amines) is 1. The van der Waals surface area contributed by atoms with E-state index < -0.39 is 0 Å². The minimum atomic E-state index is 0.387. The van der Waals surface area contributed by atoms with E-state index >= 15 is 0 Å². The number of nitrogens with zero attached hydrogens (tertiary/aromatic N) is 1. The van der Waals surface area contributed by atoms with Gasteiger partial charge in [0.15, 0.2) is 0 Å². The summed E-state index contributed by atoms with van der Waals surface area (Å²) in [6.45, 7) is 6.60. The molecular weight excluding hydrogens is 210 g/mol. The highest BCUT2D eigenvalue weighted by molar-refractivity contribution is 5.77. The van der Waals surface area contributed by atoms with Crippen LogP contribution in [0.2, 0.25) is 0 Å². The minimum Gasteiger partial charge on any atom is -0.337 e. The van der Waals surface area contributed by atoms with Gasteiger partial charge in [0.1, 0.15) is 0 Å². The summed E-state index contributed by atoms with van der Waals surface area (Å²) in [5.74, 6) is 0.387. The van der Waals surface area contributed by atoms with Crippen LogP contribution in [0.25, 0.3) is 0 Å². The fourth-order valence-electron chi connectivity index (χ4n) is 2.87. The highest BCUT2D eigenvalue weighted by Gasteiger charge is 2.30. The van der Waals surface area contributed by atoms with E-state index in [9.17, 15) is 4.79 Å². The molecule has 2 nitrogen and oxygen atoms in total. The number of amides is 1. The van der Waals surface area contributed by atoms with Gasteiger partial charge >= 0.3 is 0 Å². The van der Waals surface area contributed by atoms with E-state index in [0.717, 1.165) is 12.8 Å². The lowest BCUT2D eigenvalue weighted by Crippen LogP contribution is -2.38. The lowest BCUT2D eigenvalue weighted by Gasteiger charge is -2.26. The molecule has 1 fully saturated rings. The van der Waals surface area contributed by atoms with Crippen LogP contribution in [-0.2, 0) is 4.79 Å². The first-order valence-corrected chi connectivity index (χ1v) is 7.48. The first-order chi connectivity index (χ1) is 8.16. The molecule has 1 aliphatic heterocycles. The van der Waals surface area contributed by atoms with Gasteiger partial charge in [-0.1, -0.05) is 39.0 Å². The summed E-state index contributed by atoms with van der Waals surface area (Å²) in [7, 11) is 0. The lowest BCUT2D eigenvalue weighted by atomic mass is 10.1. The third-order valence-electron chi connectivity index (χ3n) is 3.98. The minimum absolute atomic E-state index is 0.387. The fourth-order valence-corrected chi connectivity index (χ4v) is 2.87. The molecule has 0 N–H and O–H groups in total. The van der Waals surface area contributed by atoms with Crippen LogP contribution in [0.3, 0.4) is 0 Å². The Morgan fingerprint density at radius 3 is 2.12 bits per heavy atom. The summed E-state index contributed by atoms with van der Waals surface area (Å²) < 4.78 is 0. The molecule has 0 spiro atoms. The molecule has 0 aromatic heterocycles. The standard InChI is InChI=1S/C15H29NO/c1-4-5-6-7-8-9-10-15(17)16-13(2)11-12-14(16)3/h13-14H,4-12H2,1-3H3/t13-,14-/m0/s1. The quantitative estimate of drug-likeness (QED) is 0.612. The Kier molecular flexibility index (Phi) is 6.61. The van der Waals surface area contributed by atoms with Crippen molar-refractivity contribution in [3.63, 3.8) is 0 Å². The SMILES string of the molecule is CCCCCCCCC(=O)N1[C@@H](C)CC[C@@H]1C. The maximum absolute atomic E-state index is 12.1. The molecule has 1 rings (SSSR count). The van der Waals surface area contributed by atoms with Gasteiger partial charge in [-0.05, 0) is 33.1 Å². The zero-order chi connectivity index (χ0) is 12.7. The second kappa shape index (κ2) is 7.73. The Morgan fingerprint density at radius 2 is 1.53 bits per heavy atom. The molecule has 1 aliphatic rings. The number of carbonyl (C=O) groups is 1. The summed E-state index contributed by atoms with van der Waals surface area (Å²) >= 11 is 0. The molecule has 0 unspecified atom stereocenters. The summed E-state index contributed by atoms with van der Waals surface area (Å²) in [5, 5.41) is 0. The van der Waals surface area contributed by atoms with Crippen LogP contribution >= 0.6 is 0 Å². The monoisotopic (exact) mass is 239 g/mol. The van der Waals surface area contributed by atoms with Gasteiger partial charge in [0.2, 0.25) is 5.91 Å². The van der Waals surface area contributed by atoms with Crippen LogP contribution in [0.5, 0.6) is 0 Å². The number of unbranched alkanes of at least 4 members (excludes halogenated alkanes) is 5. The smallest absolute Gasteiger partial charge is 0.223 e. The van der Waals surface area contributed by atoms with E-state index in [1.54, 1.807) is 0 Å². The predicted octanol–water partition coefficient (Wildman–Crippen LogP) is 4.14. The Hall–Kier alpha value is -0.530. The average Bonchev–Trinajstić information content (AvgIpc) is 2.63. The van der Waals surface area contributed by atoms with Crippen LogP contribution in [0.15, 0.2) is 0 Å². The van der Waals surface area contributed by atoms with Crippen molar-refractivity contribution in [3.8, 4) is 0 Å². The van der Waals surface area contributed by atoms with Gasteiger partial charge < -0.3 is 4.90 Å². The Bertz CT molecular complexity index is 217. The number of rotatable bonds is 7. The second-order valence-electron chi connectivity index (χ2n) is 5.59. The zero-order valence-electron chi connectivity index (χ0n) is 11.9. The zero-order valence-corrected chi connectivity index (χ0v) is 11.9. The second-order valence-corrected chi connectivity index (χ2v) is 5.59. The third kappa shape index (κ3) is 4.69. The Morgan fingerprint density at radius 1 is 1.00 bits per heavy atom. The average molecular weight is 239 g/mol. The van der Waals surface area contributed by atoms with Crippen molar-refractivity contribution in [1.29, 1.82) is 0 Å². The maximum Gasteiger partial charge on any atom is 0.223 e. The van der Waals surface area contributed by atoms with E-state index in [-0.39, 0.29) is 0 Å². The maximum atomic E-state index is 12.1. The van der Waals surface area contributed by atoms with Crippen LogP contribution < -0.4 is 0 Å². The first-order valence-electron chi connectivity index (χ1n) is 7.48. The van der Waals surface area contributed by atoms with Crippen molar-refractivity contribution in [1.82, 2.24) is 4.90 Å². The molecule has 1 saturated heterocycles.